The number of aliphatic hydroxyl groups is 1. The van der Waals surface area contributed by atoms with E-state index >= 15 is 8.78 Å². The van der Waals surface area contributed by atoms with Crippen LogP contribution in [0.4, 0.5) is 8.78 Å². The highest BCUT2D eigenvalue weighted by Crippen LogP contribution is 2.31. The van der Waals surface area contributed by atoms with Gasteiger partial charge in [0.1, 0.15) is 11.6 Å². The normalized spacial score (nSPS) is 16.3. The highest BCUT2D eigenvalue weighted by Gasteiger charge is 2.21. The molecule has 5 rings (SSSR count). The number of rotatable bonds is 6. The van der Waals surface area contributed by atoms with E-state index in [9.17, 15) is 5.11 Å². The van der Waals surface area contributed by atoms with Crippen molar-refractivity contribution in [2.75, 3.05) is 32.8 Å². The van der Waals surface area contributed by atoms with Crippen molar-refractivity contribution in [3.63, 3.8) is 0 Å². The highest BCUT2D eigenvalue weighted by atomic mass is 19.1. The van der Waals surface area contributed by atoms with Crippen LogP contribution in [-0.2, 0) is 6.54 Å². The summed E-state index contributed by atoms with van der Waals surface area (Å²) in [5, 5.41) is 24.5. The van der Waals surface area contributed by atoms with E-state index in [0.717, 1.165) is 61.3 Å². The minimum Gasteiger partial charge on any atom is -0.395 e. The van der Waals surface area contributed by atoms with Crippen LogP contribution in [0.2, 0.25) is 0 Å². The Morgan fingerprint density at radius 1 is 0.794 bits per heavy atom. The van der Waals surface area contributed by atoms with Gasteiger partial charge in [-0.3, -0.25) is 0 Å². The minimum atomic E-state index is -0.427. The molecule has 3 heterocycles. The maximum absolute atomic E-state index is 15.2. The Balaban J connectivity index is 1.51. The molecular weight excluding hydrogens is 436 g/mol. The summed E-state index contributed by atoms with van der Waals surface area (Å²) in [6, 6.07) is 10.1. The van der Waals surface area contributed by atoms with Gasteiger partial charge in [0.25, 0.3) is 0 Å². The average molecular weight is 464 g/mol. The van der Waals surface area contributed by atoms with Crippen molar-refractivity contribution in [3.8, 4) is 22.8 Å². The van der Waals surface area contributed by atoms with E-state index in [2.05, 4.69) is 33.0 Å². The number of hydrogen-bond donors (Lipinski definition) is 3. The summed E-state index contributed by atoms with van der Waals surface area (Å²) in [5.41, 5.74) is 4.42. The molecule has 3 aromatic rings. The topological polar surface area (TPSA) is 75.0 Å². The predicted molar refractivity (Wildman–Crippen MR) is 129 cm³/mol. The molecule has 176 valence electrons. The molecule has 0 saturated carbocycles. The molecule has 2 aliphatic heterocycles. The van der Waals surface area contributed by atoms with Crippen LogP contribution in [0.3, 0.4) is 0 Å². The van der Waals surface area contributed by atoms with E-state index in [4.69, 9.17) is 0 Å². The second-order valence-electron chi connectivity index (χ2n) is 8.48. The van der Waals surface area contributed by atoms with Crippen molar-refractivity contribution >= 4 is 11.1 Å². The summed E-state index contributed by atoms with van der Waals surface area (Å²) in [4.78, 5) is 0. The van der Waals surface area contributed by atoms with Crippen LogP contribution in [0, 0.1) is 11.6 Å². The fraction of sp³-hybridized carbons (Fsp3) is 0.308. The summed E-state index contributed by atoms with van der Waals surface area (Å²) in [6.45, 7) is 3.17. The van der Waals surface area contributed by atoms with Gasteiger partial charge >= 0.3 is 0 Å². The van der Waals surface area contributed by atoms with Gasteiger partial charge in [-0.15, -0.1) is 10.2 Å². The zero-order valence-electron chi connectivity index (χ0n) is 18.8. The van der Waals surface area contributed by atoms with E-state index in [1.807, 2.05) is 12.1 Å². The van der Waals surface area contributed by atoms with Crippen LogP contribution < -0.4 is 10.6 Å². The highest BCUT2D eigenvalue weighted by molar-refractivity contribution is 5.72. The molecule has 2 aromatic carbocycles. The van der Waals surface area contributed by atoms with E-state index < -0.39 is 11.6 Å². The second-order valence-corrected chi connectivity index (χ2v) is 8.48. The number of aliphatic hydroxyl groups excluding tert-OH is 1. The molecule has 0 unspecified atom stereocenters. The van der Waals surface area contributed by atoms with Crippen molar-refractivity contribution in [2.45, 2.75) is 19.4 Å². The average Bonchev–Trinajstić information content (AvgIpc) is 3.28. The zero-order chi connectivity index (χ0) is 23.5. The Kier molecular flexibility index (Phi) is 6.62. The molecule has 34 heavy (non-hydrogen) atoms. The first kappa shape index (κ1) is 22.6. The Hall–Kier alpha value is -3.20. The van der Waals surface area contributed by atoms with Gasteiger partial charge in [-0.2, -0.15) is 0 Å². The zero-order valence-corrected chi connectivity index (χ0v) is 18.8. The van der Waals surface area contributed by atoms with E-state index in [1.165, 1.54) is 12.1 Å². The van der Waals surface area contributed by atoms with Gasteiger partial charge in [0, 0.05) is 19.6 Å². The fourth-order valence-electron chi connectivity index (χ4n) is 4.58. The molecule has 0 fully saturated rings. The van der Waals surface area contributed by atoms with Crippen molar-refractivity contribution < 1.29 is 13.9 Å². The number of aromatic nitrogens is 3. The predicted octanol–water partition coefficient (Wildman–Crippen LogP) is 3.64. The lowest BCUT2D eigenvalue weighted by atomic mass is 9.98. The Labute approximate surface area is 197 Å². The minimum absolute atomic E-state index is 0.119. The number of hydrogen-bond acceptors (Lipinski definition) is 5. The Bertz CT molecular complexity index is 1170. The van der Waals surface area contributed by atoms with Gasteiger partial charge in [-0.1, -0.05) is 24.3 Å². The number of nitrogens with zero attached hydrogens (tertiary/aromatic N) is 3. The second kappa shape index (κ2) is 9.97. The van der Waals surface area contributed by atoms with Crippen molar-refractivity contribution in [1.29, 1.82) is 0 Å². The van der Waals surface area contributed by atoms with Gasteiger partial charge in [0.15, 0.2) is 11.6 Å². The Morgan fingerprint density at radius 3 is 1.68 bits per heavy atom. The largest absolute Gasteiger partial charge is 0.395 e. The first-order valence-corrected chi connectivity index (χ1v) is 11.6. The van der Waals surface area contributed by atoms with Crippen LogP contribution in [0.25, 0.3) is 33.9 Å². The lowest BCUT2D eigenvalue weighted by Crippen LogP contribution is -2.20. The number of nitrogens with one attached hydrogen (secondary N) is 2. The molecule has 3 N–H and O–H groups in total. The molecule has 8 heteroatoms. The summed E-state index contributed by atoms with van der Waals surface area (Å²) in [7, 11) is 0. The number of halogens is 2. The van der Waals surface area contributed by atoms with Crippen LogP contribution in [0.1, 0.15) is 24.0 Å². The SMILES string of the molecule is OCCn1c(-c2ccc(C3=CCNCC3)cc2F)nnc1-c1ccc(C2=CCNCC2)cc1F. The van der Waals surface area contributed by atoms with Gasteiger partial charge in [0.2, 0.25) is 0 Å². The van der Waals surface area contributed by atoms with Crippen LogP contribution in [-0.4, -0.2) is 52.7 Å². The maximum Gasteiger partial charge on any atom is 0.167 e. The molecule has 0 atom stereocenters. The van der Waals surface area contributed by atoms with Gasteiger partial charge in [-0.25, -0.2) is 8.78 Å². The first-order valence-electron chi connectivity index (χ1n) is 11.6. The van der Waals surface area contributed by atoms with Crippen molar-refractivity contribution in [1.82, 2.24) is 25.4 Å². The van der Waals surface area contributed by atoms with E-state index in [-0.39, 0.29) is 35.9 Å². The smallest absolute Gasteiger partial charge is 0.167 e. The molecule has 0 saturated heterocycles. The Morgan fingerprint density at radius 2 is 1.29 bits per heavy atom. The molecular formula is C26H27F2N5O. The van der Waals surface area contributed by atoms with Crippen LogP contribution >= 0.6 is 0 Å². The molecule has 6 nitrogen and oxygen atoms in total. The standard InChI is InChI=1S/C26H27F2N5O/c27-23-15-19(17-5-9-29-10-6-17)1-3-21(23)25-31-32-26(33(25)13-14-34)22-4-2-20(16-24(22)28)18-7-11-30-12-8-18/h1-5,7,15-16,29-30,34H,6,8-14H2. The van der Waals surface area contributed by atoms with E-state index in [0.29, 0.717) is 0 Å². The lowest BCUT2D eigenvalue weighted by molar-refractivity contribution is 0.277. The molecule has 0 bridgehead atoms. The summed E-state index contributed by atoms with van der Waals surface area (Å²) >= 11 is 0. The van der Waals surface area contributed by atoms with Gasteiger partial charge in [-0.05, 0) is 72.5 Å². The summed E-state index contributed by atoms with van der Waals surface area (Å²) in [5.74, 6) is -0.332. The van der Waals surface area contributed by atoms with Crippen molar-refractivity contribution in [3.05, 3.63) is 71.3 Å². The lowest BCUT2D eigenvalue weighted by Gasteiger charge is -2.16. The third-order valence-electron chi connectivity index (χ3n) is 6.36. The molecule has 0 spiro atoms. The maximum atomic E-state index is 15.2. The summed E-state index contributed by atoms with van der Waals surface area (Å²) in [6.07, 6.45) is 5.81. The third kappa shape index (κ3) is 4.44. The molecule has 1 aromatic heterocycles. The fourth-order valence-corrected chi connectivity index (χ4v) is 4.58. The summed E-state index contributed by atoms with van der Waals surface area (Å²) < 4.78 is 32.0. The molecule has 2 aliphatic rings. The number of benzene rings is 2. The monoisotopic (exact) mass is 463 g/mol. The first-order chi connectivity index (χ1) is 16.7. The third-order valence-corrected chi connectivity index (χ3v) is 6.36. The van der Waals surface area contributed by atoms with Crippen LogP contribution in [0.15, 0.2) is 48.6 Å². The molecule has 0 amide bonds. The molecule has 0 aliphatic carbocycles. The van der Waals surface area contributed by atoms with Gasteiger partial charge in [0.05, 0.1) is 17.7 Å². The van der Waals surface area contributed by atoms with E-state index in [1.54, 1.807) is 16.7 Å². The quantitative estimate of drug-likeness (QED) is 0.521. The van der Waals surface area contributed by atoms with Gasteiger partial charge < -0.3 is 20.3 Å². The molecule has 0 radical (unpaired) electrons. The van der Waals surface area contributed by atoms with Crippen LogP contribution in [0.5, 0.6) is 0 Å². The van der Waals surface area contributed by atoms with Crippen molar-refractivity contribution in [2.24, 2.45) is 0 Å².